The van der Waals surface area contributed by atoms with Gasteiger partial charge in [0.2, 0.25) is 0 Å². The highest BCUT2D eigenvalue weighted by atomic mass is 32.1. The molecule has 0 spiro atoms. The number of fused-ring (bicyclic) bond motifs is 12. The Kier molecular flexibility index (Phi) is 5.90. The van der Waals surface area contributed by atoms with Gasteiger partial charge in [-0.2, -0.15) is 0 Å². The number of furan rings is 1. The molecule has 12 rings (SSSR count). The number of thiophene rings is 1. The molecule has 4 nitrogen and oxygen atoms in total. The zero-order chi connectivity index (χ0) is 34.6. The third-order valence-electron chi connectivity index (χ3n) is 10.8. The average molecular weight is 694 g/mol. The van der Waals surface area contributed by atoms with E-state index in [2.05, 4.69) is 168 Å². The predicted octanol–water partition coefficient (Wildman–Crippen LogP) is 13.5. The van der Waals surface area contributed by atoms with E-state index < -0.39 is 0 Å². The van der Waals surface area contributed by atoms with E-state index in [1.807, 2.05) is 0 Å². The van der Waals surface area contributed by atoms with Gasteiger partial charge in [0.05, 0.1) is 38.0 Å². The predicted molar refractivity (Wildman–Crippen MR) is 222 cm³/mol. The molecule has 246 valence electrons. The summed E-state index contributed by atoms with van der Waals surface area (Å²) in [6, 6.07) is 58.2. The summed E-state index contributed by atoms with van der Waals surface area (Å²) >= 11 is 1.76. The summed E-state index contributed by atoms with van der Waals surface area (Å²) in [6.45, 7) is 0. The minimum Gasteiger partial charge on any atom is -0.455 e. The van der Waals surface area contributed by atoms with Crippen molar-refractivity contribution in [2.75, 3.05) is 0 Å². The Morgan fingerprint density at radius 3 is 2.09 bits per heavy atom. The third-order valence-corrected chi connectivity index (χ3v) is 11.9. The van der Waals surface area contributed by atoms with Gasteiger partial charge in [0.1, 0.15) is 11.2 Å². The number of nitrogens with zero attached hydrogens (tertiary/aromatic N) is 3. The number of hydrogen-bond donors (Lipinski definition) is 0. The Hall–Kier alpha value is -6.82. The lowest BCUT2D eigenvalue weighted by molar-refractivity contribution is 0.672. The lowest BCUT2D eigenvalue weighted by Crippen LogP contribution is -1.96. The summed E-state index contributed by atoms with van der Waals surface area (Å²) in [4.78, 5) is 10.8. The van der Waals surface area contributed by atoms with Crippen LogP contribution < -0.4 is 0 Å². The van der Waals surface area contributed by atoms with Gasteiger partial charge in [-0.05, 0) is 58.6 Å². The third kappa shape index (κ3) is 4.11. The highest BCUT2D eigenvalue weighted by Gasteiger charge is 2.23. The Morgan fingerprint density at radius 1 is 0.509 bits per heavy atom. The Labute approximate surface area is 306 Å². The minimum atomic E-state index is 0.702. The molecule has 12 aromatic rings. The van der Waals surface area contributed by atoms with E-state index in [9.17, 15) is 0 Å². The molecule has 0 atom stereocenters. The fourth-order valence-corrected chi connectivity index (χ4v) is 9.57. The fraction of sp³-hybridized carbons (Fsp3) is 0. The molecule has 0 amide bonds. The molecule has 0 aliphatic heterocycles. The van der Waals surface area contributed by atoms with E-state index in [-0.39, 0.29) is 0 Å². The van der Waals surface area contributed by atoms with Gasteiger partial charge in [-0.1, -0.05) is 121 Å². The standard InChI is InChI=1S/C48H27N3OS/c1-2-13-28(14-3-1)44-47-45(34-20-9-11-24-42(34)53-47)50-48(49-44)36-27-37-43-39(22-12-23-41(43)52-46(37)33-19-7-6-17-31(33)36)51-38-21-10-8-18-32(38)35-25-29-15-4-5-16-30(29)26-40(35)51/h1-27H. The topological polar surface area (TPSA) is 43.9 Å². The molecule has 5 heteroatoms. The van der Waals surface area contributed by atoms with Gasteiger partial charge in [-0.3, -0.25) is 0 Å². The summed E-state index contributed by atoms with van der Waals surface area (Å²) in [5, 5.41) is 10.2. The maximum atomic E-state index is 6.85. The molecule has 0 aliphatic carbocycles. The first-order chi connectivity index (χ1) is 26.3. The second kappa shape index (κ2) is 10.8. The maximum Gasteiger partial charge on any atom is 0.161 e. The van der Waals surface area contributed by atoms with Crippen LogP contribution in [0.2, 0.25) is 0 Å². The molecule has 0 N–H and O–H groups in total. The van der Waals surface area contributed by atoms with Crippen molar-refractivity contribution < 1.29 is 4.42 Å². The normalized spacial score (nSPS) is 12.2. The van der Waals surface area contributed by atoms with Gasteiger partial charge in [0.15, 0.2) is 5.82 Å². The monoisotopic (exact) mass is 693 g/mol. The Bertz CT molecular complexity index is 3460. The van der Waals surface area contributed by atoms with Crippen LogP contribution in [0, 0.1) is 0 Å². The molecule has 0 bridgehead atoms. The van der Waals surface area contributed by atoms with Crippen LogP contribution in [0.3, 0.4) is 0 Å². The molecule has 4 aromatic heterocycles. The van der Waals surface area contributed by atoms with Crippen molar-refractivity contribution >= 4 is 96.9 Å². The summed E-state index contributed by atoms with van der Waals surface area (Å²) in [6.07, 6.45) is 0. The molecule has 0 radical (unpaired) electrons. The van der Waals surface area contributed by atoms with Crippen LogP contribution in [0.5, 0.6) is 0 Å². The van der Waals surface area contributed by atoms with Gasteiger partial charge >= 0.3 is 0 Å². The first-order valence-corrected chi connectivity index (χ1v) is 18.6. The molecule has 0 saturated carbocycles. The number of aromatic nitrogens is 3. The van der Waals surface area contributed by atoms with E-state index in [0.29, 0.717) is 5.82 Å². The van der Waals surface area contributed by atoms with Crippen molar-refractivity contribution in [1.82, 2.24) is 14.5 Å². The smallest absolute Gasteiger partial charge is 0.161 e. The summed E-state index contributed by atoms with van der Waals surface area (Å²) in [5.41, 5.74) is 9.10. The molecule has 0 fully saturated rings. The van der Waals surface area contributed by atoms with Gasteiger partial charge in [-0.15, -0.1) is 11.3 Å². The summed E-state index contributed by atoms with van der Waals surface area (Å²) < 4.78 is 11.6. The summed E-state index contributed by atoms with van der Waals surface area (Å²) in [5.74, 6) is 0.702. The lowest BCUT2D eigenvalue weighted by Gasteiger charge is -2.12. The summed E-state index contributed by atoms with van der Waals surface area (Å²) in [7, 11) is 0. The molecular formula is C48H27N3OS. The molecule has 53 heavy (non-hydrogen) atoms. The first kappa shape index (κ1) is 28.8. The second-order valence-corrected chi connectivity index (χ2v) is 14.8. The largest absolute Gasteiger partial charge is 0.455 e. The average Bonchev–Trinajstić information content (AvgIpc) is 3.89. The second-order valence-electron chi connectivity index (χ2n) is 13.7. The van der Waals surface area contributed by atoms with Gasteiger partial charge in [0, 0.05) is 42.8 Å². The zero-order valence-electron chi connectivity index (χ0n) is 28.2. The van der Waals surface area contributed by atoms with Gasteiger partial charge in [0.25, 0.3) is 0 Å². The molecular weight excluding hydrogens is 667 g/mol. The van der Waals surface area contributed by atoms with Crippen LogP contribution in [0.15, 0.2) is 168 Å². The van der Waals surface area contributed by atoms with Crippen molar-refractivity contribution in [3.05, 3.63) is 164 Å². The molecule has 4 heterocycles. The zero-order valence-corrected chi connectivity index (χ0v) is 29.1. The van der Waals surface area contributed by atoms with Crippen molar-refractivity contribution in [3.8, 4) is 28.3 Å². The highest BCUT2D eigenvalue weighted by molar-refractivity contribution is 7.26. The van der Waals surface area contributed by atoms with Crippen LogP contribution in [-0.2, 0) is 0 Å². The van der Waals surface area contributed by atoms with Crippen LogP contribution in [0.4, 0.5) is 0 Å². The molecule has 8 aromatic carbocycles. The maximum absolute atomic E-state index is 6.85. The molecule has 0 saturated heterocycles. The highest BCUT2D eigenvalue weighted by Crippen LogP contribution is 2.45. The number of hydrogen-bond acceptors (Lipinski definition) is 4. The lowest BCUT2D eigenvalue weighted by atomic mass is 9.98. The van der Waals surface area contributed by atoms with Gasteiger partial charge in [-0.25, -0.2) is 9.97 Å². The van der Waals surface area contributed by atoms with E-state index in [1.165, 1.54) is 31.8 Å². The van der Waals surface area contributed by atoms with E-state index in [1.54, 1.807) is 11.3 Å². The van der Waals surface area contributed by atoms with Crippen LogP contribution in [0.25, 0.3) is 114 Å². The van der Waals surface area contributed by atoms with Gasteiger partial charge < -0.3 is 8.98 Å². The number of benzene rings is 8. The van der Waals surface area contributed by atoms with E-state index in [4.69, 9.17) is 14.4 Å². The van der Waals surface area contributed by atoms with Crippen molar-refractivity contribution in [2.45, 2.75) is 0 Å². The fourth-order valence-electron chi connectivity index (χ4n) is 8.42. The van der Waals surface area contributed by atoms with E-state index >= 15 is 0 Å². The van der Waals surface area contributed by atoms with Crippen molar-refractivity contribution in [2.24, 2.45) is 0 Å². The Morgan fingerprint density at radius 2 is 1.23 bits per heavy atom. The SMILES string of the molecule is c1ccc(-c2nc(-c3cc4c(oc5cccc(-n6c7ccccc7c7cc8ccccc8cc76)c54)c4ccccc34)nc3c2sc2ccccc23)cc1. The van der Waals surface area contributed by atoms with Crippen molar-refractivity contribution in [3.63, 3.8) is 0 Å². The van der Waals surface area contributed by atoms with E-state index in [0.717, 1.165) is 76.3 Å². The first-order valence-electron chi connectivity index (χ1n) is 17.8. The minimum absolute atomic E-state index is 0.702. The number of para-hydroxylation sites is 1. The quantitative estimate of drug-likeness (QED) is 0.185. The van der Waals surface area contributed by atoms with Crippen molar-refractivity contribution in [1.29, 1.82) is 0 Å². The Balaban J connectivity index is 1.21. The van der Waals surface area contributed by atoms with Crippen LogP contribution in [-0.4, -0.2) is 14.5 Å². The molecule has 0 aliphatic rings. The van der Waals surface area contributed by atoms with Crippen LogP contribution in [0.1, 0.15) is 0 Å². The van der Waals surface area contributed by atoms with Crippen LogP contribution >= 0.6 is 11.3 Å². The number of rotatable bonds is 3. The molecule has 0 unspecified atom stereocenters.